The summed E-state index contributed by atoms with van der Waals surface area (Å²) in [6.45, 7) is 7.37. The fraction of sp³-hybridized carbons (Fsp3) is 0.625. The van der Waals surface area contributed by atoms with Crippen LogP contribution < -0.4 is 4.90 Å². The SMILES string of the molecule is CC(C)c1noc(CN2CC(n3cc(N4CCCC4=O)cn3)C2)n1. The van der Waals surface area contributed by atoms with E-state index in [1.54, 1.807) is 6.20 Å². The zero-order valence-electron chi connectivity index (χ0n) is 14.1. The van der Waals surface area contributed by atoms with E-state index in [0.29, 0.717) is 24.9 Å². The molecule has 24 heavy (non-hydrogen) atoms. The Balaban J connectivity index is 1.32. The second-order valence-electron chi connectivity index (χ2n) is 6.88. The van der Waals surface area contributed by atoms with E-state index in [-0.39, 0.29) is 11.8 Å². The van der Waals surface area contributed by atoms with Gasteiger partial charge in [0.15, 0.2) is 5.82 Å². The van der Waals surface area contributed by atoms with E-state index in [1.165, 1.54) is 0 Å². The molecule has 0 aliphatic carbocycles. The molecule has 1 amide bonds. The second kappa shape index (κ2) is 6.01. The van der Waals surface area contributed by atoms with Gasteiger partial charge in [-0.25, -0.2) is 0 Å². The Kier molecular flexibility index (Phi) is 3.84. The van der Waals surface area contributed by atoms with Crippen LogP contribution in [0.25, 0.3) is 0 Å². The van der Waals surface area contributed by atoms with E-state index in [1.807, 2.05) is 15.8 Å². The molecule has 0 radical (unpaired) electrons. The van der Waals surface area contributed by atoms with Crippen LogP contribution in [0.3, 0.4) is 0 Å². The average molecular weight is 330 g/mol. The third-order valence-corrected chi connectivity index (χ3v) is 4.64. The minimum absolute atomic E-state index is 0.196. The lowest BCUT2D eigenvalue weighted by Crippen LogP contribution is -2.47. The van der Waals surface area contributed by atoms with Crippen LogP contribution in [0.2, 0.25) is 0 Å². The number of hydrogen-bond acceptors (Lipinski definition) is 6. The molecule has 0 aromatic carbocycles. The minimum atomic E-state index is 0.196. The van der Waals surface area contributed by atoms with Crippen LogP contribution in [0.15, 0.2) is 16.9 Å². The molecule has 0 spiro atoms. The Labute approximate surface area is 140 Å². The maximum absolute atomic E-state index is 11.8. The Morgan fingerprint density at radius 1 is 1.38 bits per heavy atom. The highest BCUT2D eigenvalue weighted by Gasteiger charge is 2.31. The van der Waals surface area contributed by atoms with Gasteiger partial charge in [0.05, 0.1) is 24.5 Å². The highest BCUT2D eigenvalue weighted by molar-refractivity contribution is 5.95. The molecule has 2 fully saturated rings. The van der Waals surface area contributed by atoms with Crippen LogP contribution >= 0.6 is 0 Å². The first-order valence-electron chi connectivity index (χ1n) is 8.49. The van der Waals surface area contributed by atoms with E-state index < -0.39 is 0 Å². The third-order valence-electron chi connectivity index (χ3n) is 4.64. The molecule has 2 saturated heterocycles. The number of nitrogens with zero attached hydrogens (tertiary/aromatic N) is 6. The fourth-order valence-electron chi connectivity index (χ4n) is 3.19. The van der Waals surface area contributed by atoms with Gasteiger partial charge in [-0.05, 0) is 6.42 Å². The van der Waals surface area contributed by atoms with Gasteiger partial charge in [0, 0.05) is 38.2 Å². The number of carbonyl (C=O) groups is 1. The van der Waals surface area contributed by atoms with Crippen LogP contribution in [0.5, 0.6) is 0 Å². The number of amides is 1. The number of hydrogen-bond donors (Lipinski definition) is 0. The molecule has 8 nitrogen and oxygen atoms in total. The molecule has 4 rings (SSSR count). The highest BCUT2D eigenvalue weighted by atomic mass is 16.5. The molecule has 0 N–H and O–H groups in total. The number of aromatic nitrogens is 4. The molecule has 2 aliphatic heterocycles. The average Bonchev–Trinajstić information content (AvgIpc) is 3.22. The Morgan fingerprint density at radius 3 is 2.88 bits per heavy atom. The molecule has 0 bridgehead atoms. The largest absolute Gasteiger partial charge is 0.338 e. The first kappa shape index (κ1) is 15.3. The number of likely N-dealkylation sites (tertiary alicyclic amines) is 1. The van der Waals surface area contributed by atoms with Gasteiger partial charge in [-0.2, -0.15) is 10.1 Å². The molecule has 2 aliphatic rings. The van der Waals surface area contributed by atoms with Gasteiger partial charge < -0.3 is 9.42 Å². The van der Waals surface area contributed by atoms with Crippen LogP contribution in [0.4, 0.5) is 5.69 Å². The van der Waals surface area contributed by atoms with Gasteiger partial charge in [-0.1, -0.05) is 19.0 Å². The summed E-state index contributed by atoms with van der Waals surface area (Å²) >= 11 is 0. The van der Waals surface area contributed by atoms with Crippen molar-refractivity contribution in [3.05, 3.63) is 24.1 Å². The van der Waals surface area contributed by atoms with Crippen LogP contribution in [-0.4, -0.2) is 50.4 Å². The van der Waals surface area contributed by atoms with Gasteiger partial charge in [-0.3, -0.25) is 14.4 Å². The normalized spacial score (nSPS) is 19.5. The van der Waals surface area contributed by atoms with Crippen molar-refractivity contribution in [2.75, 3.05) is 24.5 Å². The number of anilines is 1. The molecule has 0 saturated carbocycles. The lowest BCUT2D eigenvalue weighted by molar-refractivity contribution is -0.117. The first-order chi connectivity index (χ1) is 11.6. The van der Waals surface area contributed by atoms with Crippen molar-refractivity contribution in [3.8, 4) is 0 Å². The van der Waals surface area contributed by atoms with Gasteiger partial charge in [0.25, 0.3) is 0 Å². The Bertz CT molecular complexity index is 731. The number of carbonyl (C=O) groups excluding carboxylic acids is 1. The van der Waals surface area contributed by atoms with Crippen LogP contribution in [0, 0.1) is 0 Å². The summed E-state index contributed by atoms with van der Waals surface area (Å²) in [5.74, 6) is 1.90. The molecule has 4 heterocycles. The van der Waals surface area contributed by atoms with E-state index >= 15 is 0 Å². The summed E-state index contributed by atoms with van der Waals surface area (Å²) in [4.78, 5) is 20.3. The van der Waals surface area contributed by atoms with E-state index in [0.717, 1.165) is 37.6 Å². The summed E-state index contributed by atoms with van der Waals surface area (Å²) in [7, 11) is 0. The summed E-state index contributed by atoms with van der Waals surface area (Å²) < 4.78 is 7.25. The topological polar surface area (TPSA) is 80.3 Å². The zero-order valence-corrected chi connectivity index (χ0v) is 14.1. The lowest BCUT2D eigenvalue weighted by Gasteiger charge is -2.38. The summed E-state index contributed by atoms with van der Waals surface area (Å²) in [5.41, 5.74) is 0.912. The molecular formula is C16H22N6O2. The molecule has 0 atom stereocenters. The quantitative estimate of drug-likeness (QED) is 0.828. The molecule has 128 valence electrons. The molecular weight excluding hydrogens is 308 g/mol. The van der Waals surface area contributed by atoms with Crippen LogP contribution in [-0.2, 0) is 11.3 Å². The fourth-order valence-corrected chi connectivity index (χ4v) is 3.19. The highest BCUT2D eigenvalue weighted by Crippen LogP contribution is 2.26. The third kappa shape index (κ3) is 2.82. The maximum Gasteiger partial charge on any atom is 0.240 e. The predicted octanol–water partition coefficient (Wildman–Crippen LogP) is 1.57. The zero-order chi connectivity index (χ0) is 16.7. The maximum atomic E-state index is 11.8. The number of rotatable bonds is 5. The van der Waals surface area contributed by atoms with Crippen molar-refractivity contribution < 1.29 is 9.32 Å². The van der Waals surface area contributed by atoms with Crippen molar-refractivity contribution in [1.82, 2.24) is 24.8 Å². The second-order valence-corrected chi connectivity index (χ2v) is 6.88. The van der Waals surface area contributed by atoms with Crippen molar-refractivity contribution in [1.29, 1.82) is 0 Å². The summed E-state index contributed by atoms with van der Waals surface area (Å²) in [6.07, 6.45) is 5.35. The van der Waals surface area contributed by atoms with E-state index in [4.69, 9.17) is 4.52 Å². The molecule has 8 heteroatoms. The van der Waals surface area contributed by atoms with Crippen molar-refractivity contribution in [2.24, 2.45) is 0 Å². The molecule has 0 unspecified atom stereocenters. The summed E-state index contributed by atoms with van der Waals surface area (Å²) in [5, 5.41) is 8.42. The first-order valence-corrected chi connectivity index (χ1v) is 8.49. The Morgan fingerprint density at radius 2 is 2.21 bits per heavy atom. The van der Waals surface area contributed by atoms with E-state index in [2.05, 4.69) is 34.0 Å². The van der Waals surface area contributed by atoms with Crippen molar-refractivity contribution >= 4 is 11.6 Å². The van der Waals surface area contributed by atoms with E-state index in [9.17, 15) is 4.79 Å². The van der Waals surface area contributed by atoms with Gasteiger partial charge >= 0.3 is 0 Å². The van der Waals surface area contributed by atoms with Crippen molar-refractivity contribution in [2.45, 2.75) is 45.2 Å². The van der Waals surface area contributed by atoms with Crippen LogP contribution in [0.1, 0.15) is 50.4 Å². The monoisotopic (exact) mass is 330 g/mol. The molecule has 2 aromatic heterocycles. The minimum Gasteiger partial charge on any atom is -0.338 e. The van der Waals surface area contributed by atoms with Crippen molar-refractivity contribution in [3.63, 3.8) is 0 Å². The van der Waals surface area contributed by atoms with Gasteiger partial charge in [0.2, 0.25) is 11.8 Å². The molecule has 2 aromatic rings. The Hall–Kier alpha value is -2.22. The lowest BCUT2D eigenvalue weighted by atomic mass is 10.1. The van der Waals surface area contributed by atoms with Gasteiger partial charge in [0.1, 0.15) is 0 Å². The standard InChI is InChI=1S/C16H22N6O2/c1-11(2)16-18-14(24-19-16)10-20-7-13(8-20)22-9-12(6-17-22)21-5-3-4-15(21)23/h6,9,11,13H,3-5,7-8,10H2,1-2H3. The smallest absolute Gasteiger partial charge is 0.240 e. The summed E-state index contributed by atoms with van der Waals surface area (Å²) in [6, 6.07) is 0.337. The van der Waals surface area contributed by atoms with Gasteiger partial charge in [-0.15, -0.1) is 0 Å². The predicted molar refractivity (Wildman–Crippen MR) is 86.5 cm³/mol.